The zero-order chi connectivity index (χ0) is 20.0. The Balaban J connectivity index is 1.27. The van der Waals surface area contributed by atoms with Crippen LogP contribution in [0.3, 0.4) is 0 Å². The Labute approximate surface area is 171 Å². The topological polar surface area (TPSA) is 64.0 Å². The van der Waals surface area contributed by atoms with Crippen molar-refractivity contribution >= 4 is 5.91 Å². The number of nitrogens with zero attached hydrogens (tertiary/aromatic N) is 2. The molecular weight excluding hydrogens is 364 g/mol. The Hall–Kier alpha value is -2.21. The van der Waals surface area contributed by atoms with Crippen molar-refractivity contribution < 1.29 is 15.0 Å². The van der Waals surface area contributed by atoms with Gasteiger partial charge in [-0.05, 0) is 34.9 Å². The third-order valence-electron chi connectivity index (χ3n) is 7.32. The highest BCUT2D eigenvalue weighted by molar-refractivity contribution is 5.79. The molecule has 0 bridgehead atoms. The van der Waals surface area contributed by atoms with E-state index in [-0.39, 0.29) is 24.3 Å². The van der Waals surface area contributed by atoms with Gasteiger partial charge >= 0.3 is 0 Å². The monoisotopic (exact) mass is 392 g/mol. The van der Waals surface area contributed by atoms with Crippen LogP contribution >= 0.6 is 0 Å². The number of carbonyl (C=O) groups is 1. The summed E-state index contributed by atoms with van der Waals surface area (Å²) in [5.74, 6) is 0.207. The van der Waals surface area contributed by atoms with Crippen molar-refractivity contribution in [1.29, 1.82) is 0 Å². The van der Waals surface area contributed by atoms with E-state index >= 15 is 0 Å². The van der Waals surface area contributed by atoms with Gasteiger partial charge in [0.25, 0.3) is 0 Å². The van der Waals surface area contributed by atoms with E-state index in [4.69, 9.17) is 0 Å². The van der Waals surface area contributed by atoms with Crippen LogP contribution in [0.1, 0.15) is 22.6 Å². The summed E-state index contributed by atoms with van der Waals surface area (Å²) in [5.41, 5.74) is 3.42. The first-order chi connectivity index (χ1) is 14.1. The maximum Gasteiger partial charge on any atom is 0.236 e. The van der Waals surface area contributed by atoms with Crippen molar-refractivity contribution in [2.24, 2.45) is 11.3 Å². The molecule has 0 radical (unpaired) electrons. The fourth-order valence-corrected chi connectivity index (χ4v) is 5.74. The van der Waals surface area contributed by atoms with Crippen molar-refractivity contribution in [2.75, 3.05) is 32.8 Å². The predicted molar refractivity (Wildman–Crippen MR) is 110 cm³/mol. The molecule has 3 aliphatic rings. The van der Waals surface area contributed by atoms with Gasteiger partial charge in [0.15, 0.2) is 0 Å². The van der Waals surface area contributed by atoms with E-state index in [0.717, 1.165) is 25.1 Å². The molecule has 2 N–H and O–H groups in total. The van der Waals surface area contributed by atoms with Crippen LogP contribution in [0.15, 0.2) is 54.6 Å². The van der Waals surface area contributed by atoms with Crippen molar-refractivity contribution in [3.8, 4) is 0 Å². The lowest BCUT2D eigenvalue weighted by Crippen LogP contribution is -2.41. The molecule has 0 aromatic heterocycles. The largest absolute Gasteiger partial charge is 0.396 e. The van der Waals surface area contributed by atoms with Gasteiger partial charge in [0.05, 0.1) is 12.6 Å². The van der Waals surface area contributed by atoms with Crippen molar-refractivity contribution in [3.63, 3.8) is 0 Å². The normalized spacial score (nSPS) is 31.1. The molecule has 2 aromatic carbocycles. The first-order valence-electron chi connectivity index (χ1n) is 10.5. The molecule has 4 atom stereocenters. The lowest BCUT2D eigenvalue weighted by atomic mass is 9.95. The highest BCUT2D eigenvalue weighted by Crippen LogP contribution is 2.68. The number of amides is 1. The number of aliphatic hydroxyl groups is 2. The van der Waals surface area contributed by atoms with Gasteiger partial charge in [-0.2, -0.15) is 0 Å². The van der Waals surface area contributed by atoms with E-state index in [2.05, 4.69) is 41.3 Å². The Kier molecular flexibility index (Phi) is 4.69. The number of fused-ring (bicyclic) bond motifs is 1. The zero-order valence-corrected chi connectivity index (χ0v) is 16.6. The second-order valence-corrected chi connectivity index (χ2v) is 8.81. The SMILES string of the molecule is O=C(CN1CCc2ccccc2C1)N1C[C@H](O)[C@@]2(C1)[C@H](CO)[C@H]2c1ccccc1. The van der Waals surface area contributed by atoms with Crippen LogP contribution in [-0.2, 0) is 17.8 Å². The summed E-state index contributed by atoms with van der Waals surface area (Å²) in [5, 5.41) is 20.8. The van der Waals surface area contributed by atoms with Crippen LogP contribution in [0.5, 0.6) is 0 Å². The van der Waals surface area contributed by atoms with Gasteiger partial charge in [0.2, 0.25) is 5.91 Å². The molecule has 5 nitrogen and oxygen atoms in total. The second kappa shape index (κ2) is 7.24. The van der Waals surface area contributed by atoms with Crippen LogP contribution in [0.4, 0.5) is 0 Å². The fourth-order valence-electron chi connectivity index (χ4n) is 5.74. The van der Waals surface area contributed by atoms with E-state index in [1.165, 1.54) is 11.1 Å². The number of likely N-dealkylation sites (tertiary alicyclic amines) is 1. The van der Waals surface area contributed by atoms with Crippen LogP contribution in [0.2, 0.25) is 0 Å². The number of rotatable bonds is 4. The molecule has 2 aromatic rings. The fraction of sp³-hybridized carbons (Fsp3) is 0.458. The van der Waals surface area contributed by atoms with Gasteiger partial charge in [-0.3, -0.25) is 9.69 Å². The molecule has 29 heavy (non-hydrogen) atoms. The summed E-state index contributed by atoms with van der Waals surface area (Å²) in [6, 6.07) is 18.5. The molecule has 1 saturated heterocycles. The third-order valence-corrected chi connectivity index (χ3v) is 7.32. The van der Waals surface area contributed by atoms with E-state index in [0.29, 0.717) is 19.6 Å². The van der Waals surface area contributed by atoms with E-state index in [1.54, 1.807) is 0 Å². The van der Waals surface area contributed by atoms with E-state index in [1.807, 2.05) is 23.1 Å². The van der Waals surface area contributed by atoms with E-state index < -0.39 is 11.5 Å². The smallest absolute Gasteiger partial charge is 0.236 e. The molecule has 2 heterocycles. The van der Waals surface area contributed by atoms with Crippen LogP contribution in [0.25, 0.3) is 0 Å². The highest BCUT2D eigenvalue weighted by Gasteiger charge is 2.71. The van der Waals surface area contributed by atoms with Crippen molar-refractivity contribution in [2.45, 2.75) is 25.0 Å². The molecule has 0 unspecified atom stereocenters. The minimum absolute atomic E-state index is 0.0135. The standard InChI is InChI=1S/C24H28N2O3/c27-15-20-23(18-7-2-1-3-8-18)24(20)16-26(13-21(24)28)22(29)14-25-11-10-17-6-4-5-9-19(17)12-25/h1-9,20-21,23,27-28H,10-16H2/t20-,21+,23-,24-/m1/s1. The Bertz CT molecular complexity index is 902. The molecule has 5 rings (SSSR count). The van der Waals surface area contributed by atoms with Gasteiger partial charge < -0.3 is 15.1 Å². The zero-order valence-electron chi connectivity index (χ0n) is 16.6. The first kappa shape index (κ1) is 18.8. The molecule has 152 valence electrons. The quantitative estimate of drug-likeness (QED) is 0.830. The summed E-state index contributed by atoms with van der Waals surface area (Å²) >= 11 is 0. The summed E-state index contributed by atoms with van der Waals surface area (Å²) in [7, 11) is 0. The lowest BCUT2D eigenvalue weighted by Gasteiger charge is -2.29. The van der Waals surface area contributed by atoms with Crippen LogP contribution < -0.4 is 0 Å². The van der Waals surface area contributed by atoms with Crippen LogP contribution in [0, 0.1) is 11.3 Å². The van der Waals surface area contributed by atoms with Crippen LogP contribution in [-0.4, -0.2) is 64.8 Å². The van der Waals surface area contributed by atoms with Gasteiger partial charge in [-0.1, -0.05) is 54.6 Å². The molecule has 5 heteroatoms. The molecule has 1 saturated carbocycles. The Morgan fingerprint density at radius 1 is 1.07 bits per heavy atom. The molecule has 1 aliphatic carbocycles. The maximum atomic E-state index is 13.0. The van der Waals surface area contributed by atoms with Gasteiger partial charge in [0, 0.05) is 38.2 Å². The van der Waals surface area contributed by atoms with E-state index in [9.17, 15) is 15.0 Å². The number of β-amino-alcohol motifs (C(OH)–C–C–N with tert-alkyl or cyclic N) is 1. The summed E-state index contributed by atoms with van der Waals surface area (Å²) in [4.78, 5) is 17.1. The van der Waals surface area contributed by atoms with Crippen molar-refractivity contribution in [3.05, 3.63) is 71.3 Å². The molecular formula is C24H28N2O3. The second-order valence-electron chi connectivity index (χ2n) is 8.81. The average Bonchev–Trinajstić information content (AvgIpc) is 3.29. The van der Waals surface area contributed by atoms with Crippen molar-refractivity contribution in [1.82, 2.24) is 9.80 Å². The molecule has 1 spiro atoms. The number of aliphatic hydroxyl groups excluding tert-OH is 2. The van der Waals surface area contributed by atoms with Gasteiger partial charge in [-0.25, -0.2) is 0 Å². The maximum absolute atomic E-state index is 13.0. The summed E-state index contributed by atoms with van der Waals surface area (Å²) in [6.45, 7) is 3.01. The number of hydrogen-bond acceptors (Lipinski definition) is 4. The highest BCUT2D eigenvalue weighted by atomic mass is 16.3. The average molecular weight is 392 g/mol. The molecule has 1 amide bonds. The number of carbonyl (C=O) groups excluding carboxylic acids is 1. The molecule has 2 aliphatic heterocycles. The summed E-state index contributed by atoms with van der Waals surface area (Å²) in [6.07, 6.45) is 0.384. The number of benzene rings is 2. The van der Waals surface area contributed by atoms with Gasteiger partial charge in [0.1, 0.15) is 0 Å². The third kappa shape index (κ3) is 3.08. The number of hydrogen-bond donors (Lipinski definition) is 2. The minimum atomic E-state index is -0.587. The minimum Gasteiger partial charge on any atom is -0.396 e. The first-order valence-corrected chi connectivity index (χ1v) is 10.5. The lowest BCUT2D eigenvalue weighted by molar-refractivity contribution is -0.132. The molecule has 2 fully saturated rings. The van der Waals surface area contributed by atoms with Gasteiger partial charge in [-0.15, -0.1) is 0 Å². The predicted octanol–water partition coefficient (Wildman–Crippen LogP) is 1.64. The Morgan fingerprint density at radius 2 is 1.79 bits per heavy atom. The summed E-state index contributed by atoms with van der Waals surface area (Å²) < 4.78 is 0. The Morgan fingerprint density at radius 3 is 2.55 bits per heavy atom.